The van der Waals surface area contributed by atoms with Crippen molar-refractivity contribution in [1.29, 1.82) is 5.26 Å². The Morgan fingerprint density at radius 3 is 2.37 bits per heavy atom. The Bertz CT molecular complexity index is 614. The Labute approximate surface area is 112 Å². The highest BCUT2D eigenvalue weighted by Gasteiger charge is 2.08. The monoisotopic (exact) mass is 254 g/mol. The van der Waals surface area contributed by atoms with Crippen LogP contribution in [0.15, 0.2) is 30.3 Å². The summed E-state index contributed by atoms with van der Waals surface area (Å²) in [7, 11) is 5.37. The molecule has 0 aliphatic rings. The largest absolute Gasteiger partial charge is 0.497 e. The average Bonchev–Trinajstić information content (AvgIpc) is 2.46. The molecule has 0 atom stereocenters. The zero-order chi connectivity index (χ0) is 13.8. The highest BCUT2D eigenvalue weighted by atomic mass is 16.5. The number of hydrogen-bond donors (Lipinski definition) is 0. The molecule has 2 aromatic rings. The van der Waals surface area contributed by atoms with Crippen LogP contribution in [0.25, 0.3) is 11.4 Å². The van der Waals surface area contributed by atoms with E-state index >= 15 is 0 Å². The molecule has 0 spiro atoms. The Morgan fingerprint density at radius 1 is 1.16 bits per heavy atom. The minimum atomic E-state index is 0.351. The molecule has 0 aliphatic carbocycles. The van der Waals surface area contributed by atoms with Crippen molar-refractivity contribution in [1.82, 2.24) is 9.97 Å². The van der Waals surface area contributed by atoms with Gasteiger partial charge in [0, 0.05) is 25.7 Å². The molecular formula is C14H14N4O. The van der Waals surface area contributed by atoms with Gasteiger partial charge in [0.15, 0.2) is 5.82 Å². The van der Waals surface area contributed by atoms with E-state index in [0.29, 0.717) is 17.3 Å². The molecule has 5 nitrogen and oxygen atoms in total. The number of aromatic nitrogens is 2. The van der Waals surface area contributed by atoms with Gasteiger partial charge in [-0.2, -0.15) is 5.26 Å². The summed E-state index contributed by atoms with van der Waals surface area (Å²) in [6.07, 6.45) is 0. The van der Waals surface area contributed by atoms with Crippen molar-refractivity contribution in [2.45, 2.75) is 0 Å². The van der Waals surface area contributed by atoms with E-state index in [9.17, 15) is 0 Å². The van der Waals surface area contributed by atoms with E-state index in [2.05, 4.69) is 16.0 Å². The number of hydrogen-bond acceptors (Lipinski definition) is 5. The third-order valence-electron chi connectivity index (χ3n) is 2.63. The van der Waals surface area contributed by atoms with Gasteiger partial charge >= 0.3 is 0 Å². The van der Waals surface area contributed by atoms with Gasteiger partial charge in [0.05, 0.1) is 7.11 Å². The van der Waals surface area contributed by atoms with Gasteiger partial charge in [-0.3, -0.25) is 0 Å². The number of rotatable bonds is 3. The van der Waals surface area contributed by atoms with Gasteiger partial charge in [-0.25, -0.2) is 9.97 Å². The van der Waals surface area contributed by atoms with E-state index < -0.39 is 0 Å². The first kappa shape index (κ1) is 12.8. The van der Waals surface area contributed by atoms with Crippen molar-refractivity contribution in [2.75, 3.05) is 26.1 Å². The Morgan fingerprint density at radius 2 is 1.84 bits per heavy atom. The number of nitriles is 1. The lowest BCUT2D eigenvalue weighted by molar-refractivity contribution is 0.415. The highest BCUT2D eigenvalue weighted by molar-refractivity contribution is 5.59. The van der Waals surface area contributed by atoms with Crippen molar-refractivity contribution in [3.05, 3.63) is 36.0 Å². The molecule has 0 fully saturated rings. The summed E-state index contributed by atoms with van der Waals surface area (Å²) in [6.45, 7) is 0. The standard InChI is InChI=1S/C14H14N4O/c1-18(2)13-8-11(9-15)16-14(17-13)10-4-6-12(19-3)7-5-10/h4-8H,1-3H3. The molecule has 0 bridgehead atoms. The van der Waals surface area contributed by atoms with Crippen LogP contribution < -0.4 is 9.64 Å². The quantitative estimate of drug-likeness (QED) is 0.839. The third-order valence-corrected chi connectivity index (χ3v) is 2.63. The molecule has 0 saturated carbocycles. The maximum Gasteiger partial charge on any atom is 0.162 e. The molecule has 0 N–H and O–H groups in total. The zero-order valence-electron chi connectivity index (χ0n) is 11.1. The highest BCUT2D eigenvalue weighted by Crippen LogP contribution is 2.21. The number of benzene rings is 1. The van der Waals surface area contributed by atoms with Gasteiger partial charge in [0.2, 0.25) is 0 Å². The maximum absolute atomic E-state index is 9.02. The van der Waals surface area contributed by atoms with Crippen molar-refractivity contribution >= 4 is 5.82 Å². The van der Waals surface area contributed by atoms with Gasteiger partial charge in [-0.05, 0) is 24.3 Å². The summed E-state index contributed by atoms with van der Waals surface area (Å²) in [4.78, 5) is 10.5. The summed E-state index contributed by atoms with van der Waals surface area (Å²) in [5.74, 6) is 2.01. The van der Waals surface area contributed by atoms with Crippen LogP contribution in [-0.4, -0.2) is 31.2 Å². The second-order valence-corrected chi connectivity index (χ2v) is 4.17. The minimum Gasteiger partial charge on any atom is -0.497 e. The second-order valence-electron chi connectivity index (χ2n) is 4.17. The number of ether oxygens (including phenoxy) is 1. The molecule has 1 aromatic carbocycles. The van der Waals surface area contributed by atoms with Crippen LogP contribution in [0.3, 0.4) is 0 Å². The zero-order valence-corrected chi connectivity index (χ0v) is 11.1. The lowest BCUT2D eigenvalue weighted by Crippen LogP contribution is -2.12. The molecule has 0 aliphatic heterocycles. The van der Waals surface area contributed by atoms with Crippen molar-refractivity contribution < 1.29 is 4.74 Å². The maximum atomic E-state index is 9.02. The average molecular weight is 254 g/mol. The lowest BCUT2D eigenvalue weighted by Gasteiger charge is -2.12. The first-order valence-electron chi connectivity index (χ1n) is 5.75. The molecule has 0 saturated heterocycles. The SMILES string of the molecule is COc1ccc(-c2nc(C#N)cc(N(C)C)n2)cc1. The van der Waals surface area contributed by atoms with Crippen LogP contribution in [0, 0.1) is 11.3 Å². The van der Waals surface area contributed by atoms with Gasteiger partial charge < -0.3 is 9.64 Å². The Kier molecular flexibility index (Phi) is 3.62. The predicted octanol–water partition coefficient (Wildman–Crippen LogP) is 2.09. The van der Waals surface area contributed by atoms with Crippen molar-refractivity contribution in [3.63, 3.8) is 0 Å². The molecule has 0 radical (unpaired) electrons. The molecular weight excluding hydrogens is 240 g/mol. The Hall–Kier alpha value is -2.61. The van der Waals surface area contributed by atoms with Crippen LogP contribution in [0.2, 0.25) is 0 Å². The third kappa shape index (κ3) is 2.80. The number of nitrogens with zero attached hydrogens (tertiary/aromatic N) is 4. The normalized spacial score (nSPS) is 9.79. The van der Waals surface area contributed by atoms with Crippen molar-refractivity contribution in [2.24, 2.45) is 0 Å². The fourth-order valence-electron chi connectivity index (χ4n) is 1.59. The molecule has 2 rings (SSSR count). The second kappa shape index (κ2) is 5.36. The summed E-state index contributed by atoms with van der Waals surface area (Å²) in [5.41, 5.74) is 1.20. The van der Waals surface area contributed by atoms with Crippen LogP contribution in [0.5, 0.6) is 5.75 Å². The van der Waals surface area contributed by atoms with E-state index in [0.717, 1.165) is 11.3 Å². The molecule has 19 heavy (non-hydrogen) atoms. The lowest BCUT2D eigenvalue weighted by atomic mass is 10.2. The van der Waals surface area contributed by atoms with Gasteiger partial charge in [0.25, 0.3) is 0 Å². The topological polar surface area (TPSA) is 62.0 Å². The molecule has 0 unspecified atom stereocenters. The van der Waals surface area contributed by atoms with E-state index in [1.165, 1.54) is 0 Å². The first-order chi connectivity index (χ1) is 9.13. The van der Waals surface area contributed by atoms with Crippen LogP contribution >= 0.6 is 0 Å². The van der Waals surface area contributed by atoms with Crippen LogP contribution in [0.4, 0.5) is 5.82 Å². The first-order valence-corrected chi connectivity index (χ1v) is 5.75. The molecule has 1 heterocycles. The van der Waals surface area contributed by atoms with Gasteiger partial charge in [0.1, 0.15) is 23.3 Å². The van der Waals surface area contributed by atoms with Gasteiger partial charge in [-0.1, -0.05) is 0 Å². The number of methoxy groups -OCH3 is 1. The van der Waals surface area contributed by atoms with Crippen LogP contribution in [-0.2, 0) is 0 Å². The van der Waals surface area contributed by atoms with E-state index in [-0.39, 0.29) is 0 Å². The van der Waals surface area contributed by atoms with Gasteiger partial charge in [-0.15, -0.1) is 0 Å². The molecule has 1 aromatic heterocycles. The number of anilines is 1. The summed E-state index contributed by atoms with van der Waals surface area (Å²) in [6, 6.07) is 11.1. The summed E-state index contributed by atoms with van der Waals surface area (Å²) >= 11 is 0. The van der Waals surface area contributed by atoms with E-state index in [4.69, 9.17) is 10.00 Å². The fraction of sp³-hybridized carbons (Fsp3) is 0.214. The molecule has 0 amide bonds. The Balaban J connectivity index is 2.48. The van der Waals surface area contributed by atoms with E-state index in [1.54, 1.807) is 13.2 Å². The van der Waals surface area contributed by atoms with Crippen molar-refractivity contribution in [3.8, 4) is 23.2 Å². The molecule has 96 valence electrons. The smallest absolute Gasteiger partial charge is 0.162 e. The summed E-state index contributed by atoms with van der Waals surface area (Å²) < 4.78 is 5.11. The van der Waals surface area contributed by atoms with Crippen LogP contribution in [0.1, 0.15) is 5.69 Å². The molecule has 5 heteroatoms. The predicted molar refractivity (Wildman–Crippen MR) is 73.1 cm³/mol. The fourth-order valence-corrected chi connectivity index (χ4v) is 1.59. The summed E-state index contributed by atoms with van der Waals surface area (Å²) in [5, 5.41) is 9.02. The van der Waals surface area contributed by atoms with E-state index in [1.807, 2.05) is 43.3 Å². The minimum absolute atomic E-state index is 0.351.